The maximum absolute atomic E-state index is 11.2. The lowest BCUT2D eigenvalue weighted by atomic mass is 10.3. The van der Waals surface area contributed by atoms with E-state index in [2.05, 4.69) is 5.32 Å². The molecule has 0 bridgehead atoms. The first kappa shape index (κ1) is 9.13. The van der Waals surface area contributed by atoms with Crippen LogP contribution in [0.2, 0.25) is 0 Å². The fraction of sp³-hybridized carbons (Fsp3) is 0.375. The second kappa shape index (κ2) is 4.16. The first-order valence-electron chi connectivity index (χ1n) is 3.64. The van der Waals surface area contributed by atoms with Crippen LogP contribution in [0.5, 0.6) is 0 Å². The number of carbonyl (C=O) groups is 1. The number of carbonyl (C=O) groups excluding carboxylic acids is 1. The van der Waals surface area contributed by atoms with E-state index in [1.54, 1.807) is 6.07 Å². The predicted octanol–water partition coefficient (Wildman–Crippen LogP) is 1.56. The molecule has 0 atom stereocenters. The van der Waals surface area contributed by atoms with Crippen LogP contribution in [0.25, 0.3) is 0 Å². The van der Waals surface area contributed by atoms with Crippen LogP contribution in [0.1, 0.15) is 16.1 Å². The smallest absolute Gasteiger partial charge is 0.287 e. The van der Waals surface area contributed by atoms with E-state index in [4.69, 9.17) is 16.0 Å². The predicted molar refractivity (Wildman–Crippen MR) is 46.5 cm³/mol. The Hall–Kier alpha value is -0.960. The average molecular weight is 188 g/mol. The summed E-state index contributed by atoms with van der Waals surface area (Å²) in [7, 11) is 0. The lowest BCUT2D eigenvalue weighted by molar-refractivity contribution is 0.0927. The molecule has 0 saturated carbocycles. The molecule has 0 aliphatic rings. The number of alkyl halides is 1. The Kier molecular flexibility index (Phi) is 3.17. The summed E-state index contributed by atoms with van der Waals surface area (Å²) < 4.78 is 4.97. The lowest BCUT2D eigenvalue weighted by Crippen LogP contribution is -2.25. The van der Waals surface area contributed by atoms with E-state index in [-0.39, 0.29) is 5.91 Å². The maximum Gasteiger partial charge on any atom is 0.287 e. The topological polar surface area (TPSA) is 42.2 Å². The quantitative estimate of drug-likeness (QED) is 0.730. The lowest BCUT2D eigenvalue weighted by Gasteiger charge is -1.99. The van der Waals surface area contributed by atoms with E-state index in [1.807, 2.05) is 6.92 Å². The van der Waals surface area contributed by atoms with E-state index < -0.39 is 0 Å². The Labute approximate surface area is 75.7 Å². The normalized spacial score (nSPS) is 9.83. The van der Waals surface area contributed by atoms with Gasteiger partial charge in [-0.25, -0.2) is 0 Å². The highest BCUT2D eigenvalue weighted by molar-refractivity contribution is 6.18. The Morgan fingerprint density at radius 2 is 2.50 bits per heavy atom. The highest BCUT2D eigenvalue weighted by atomic mass is 35.5. The molecule has 0 saturated heterocycles. The summed E-state index contributed by atoms with van der Waals surface area (Å²) in [4.78, 5) is 11.2. The highest BCUT2D eigenvalue weighted by Gasteiger charge is 2.10. The molecule has 1 aromatic heterocycles. The Balaban J connectivity index is 2.59. The monoisotopic (exact) mass is 187 g/mol. The molecule has 0 aliphatic carbocycles. The second-order valence-corrected chi connectivity index (χ2v) is 2.76. The van der Waals surface area contributed by atoms with Crippen molar-refractivity contribution in [2.45, 2.75) is 6.92 Å². The fourth-order valence-corrected chi connectivity index (χ4v) is 0.941. The Morgan fingerprint density at radius 3 is 3.00 bits per heavy atom. The van der Waals surface area contributed by atoms with Crippen LogP contribution < -0.4 is 5.32 Å². The van der Waals surface area contributed by atoms with Crippen molar-refractivity contribution in [3.05, 3.63) is 23.7 Å². The molecule has 1 N–H and O–H groups in total. The van der Waals surface area contributed by atoms with Crippen LogP contribution in [0.15, 0.2) is 16.7 Å². The third kappa shape index (κ3) is 2.01. The fourth-order valence-electron chi connectivity index (χ4n) is 0.846. The van der Waals surface area contributed by atoms with Crippen molar-refractivity contribution in [1.29, 1.82) is 0 Å². The van der Waals surface area contributed by atoms with Crippen molar-refractivity contribution < 1.29 is 9.21 Å². The van der Waals surface area contributed by atoms with E-state index in [0.29, 0.717) is 18.2 Å². The largest absolute Gasteiger partial charge is 0.459 e. The molecular weight excluding hydrogens is 178 g/mol. The number of rotatable bonds is 3. The van der Waals surface area contributed by atoms with Gasteiger partial charge in [-0.2, -0.15) is 0 Å². The van der Waals surface area contributed by atoms with Gasteiger partial charge in [-0.3, -0.25) is 4.79 Å². The Morgan fingerprint density at radius 1 is 1.75 bits per heavy atom. The third-order valence-electron chi connectivity index (χ3n) is 1.45. The number of furan rings is 1. The second-order valence-electron chi connectivity index (χ2n) is 2.38. The molecule has 1 amide bonds. The van der Waals surface area contributed by atoms with Crippen LogP contribution in [0.3, 0.4) is 0 Å². The zero-order chi connectivity index (χ0) is 8.97. The molecule has 4 heteroatoms. The van der Waals surface area contributed by atoms with Gasteiger partial charge in [0.05, 0.1) is 6.26 Å². The van der Waals surface area contributed by atoms with Gasteiger partial charge in [0.1, 0.15) is 0 Å². The molecular formula is C8H10ClNO2. The highest BCUT2D eigenvalue weighted by Crippen LogP contribution is 2.07. The molecule has 0 fully saturated rings. The van der Waals surface area contributed by atoms with Gasteiger partial charge in [-0.1, -0.05) is 0 Å². The molecule has 0 aromatic carbocycles. The third-order valence-corrected chi connectivity index (χ3v) is 1.64. The van der Waals surface area contributed by atoms with Crippen LogP contribution in [-0.2, 0) is 0 Å². The molecule has 0 unspecified atom stereocenters. The van der Waals surface area contributed by atoms with Crippen molar-refractivity contribution in [3.63, 3.8) is 0 Å². The van der Waals surface area contributed by atoms with Crippen molar-refractivity contribution in [2.24, 2.45) is 0 Å². The first-order valence-corrected chi connectivity index (χ1v) is 4.17. The van der Waals surface area contributed by atoms with Gasteiger partial charge in [0.2, 0.25) is 0 Å². The van der Waals surface area contributed by atoms with Gasteiger partial charge < -0.3 is 9.73 Å². The number of nitrogens with one attached hydrogen (secondary N) is 1. The van der Waals surface area contributed by atoms with E-state index in [1.165, 1.54) is 6.26 Å². The summed E-state index contributed by atoms with van der Waals surface area (Å²) in [5.41, 5.74) is 0.835. The summed E-state index contributed by atoms with van der Waals surface area (Å²) >= 11 is 5.40. The van der Waals surface area contributed by atoms with Crippen molar-refractivity contribution in [1.82, 2.24) is 5.32 Å². The SMILES string of the molecule is Cc1ccoc1C(=O)NCCCl. The van der Waals surface area contributed by atoms with Crippen molar-refractivity contribution >= 4 is 17.5 Å². The van der Waals surface area contributed by atoms with Gasteiger partial charge in [-0.05, 0) is 13.0 Å². The minimum absolute atomic E-state index is 0.210. The van der Waals surface area contributed by atoms with Gasteiger partial charge in [0.15, 0.2) is 5.76 Å². The van der Waals surface area contributed by atoms with Crippen LogP contribution >= 0.6 is 11.6 Å². The standard InChI is InChI=1S/C8H10ClNO2/c1-6-2-5-12-7(6)8(11)10-4-3-9/h2,5H,3-4H2,1H3,(H,10,11). The molecule has 1 aromatic rings. The Bertz CT molecular complexity index is 270. The molecule has 12 heavy (non-hydrogen) atoms. The van der Waals surface area contributed by atoms with Crippen LogP contribution in [0.4, 0.5) is 0 Å². The van der Waals surface area contributed by atoms with Crippen LogP contribution in [-0.4, -0.2) is 18.3 Å². The average Bonchev–Trinajstić information content (AvgIpc) is 2.47. The summed E-state index contributed by atoms with van der Waals surface area (Å²) in [5.74, 6) is 0.559. The summed E-state index contributed by atoms with van der Waals surface area (Å²) in [6.45, 7) is 2.28. The molecule has 0 radical (unpaired) electrons. The number of halogens is 1. The molecule has 0 aliphatic heterocycles. The van der Waals surface area contributed by atoms with Gasteiger partial charge in [0, 0.05) is 18.0 Å². The summed E-state index contributed by atoms with van der Waals surface area (Å²) in [6, 6.07) is 1.75. The van der Waals surface area contributed by atoms with E-state index >= 15 is 0 Å². The number of hydrogen-bond acceptors (Lipinski definition) is 2. The molecule has 1 heterocycles. The molecule has 1 rings (SSSR count). The number of amides is 1. The molecule has 3 nitrogen and oxygen atoms in total. The molecule has 0 spiro atoms. The van der Waals surface area contributed by atoms with Gasteiger partial charge in [-0.15, -0.1) is 11.6 Å². The zero-order valence-electron chi connectivity index (χ0n) is 6.76. The summed E-state index contributed by atoms with van der Waals surface area (Å²) in [6.07, 6.45) is 1.49. The van der Waals surface area contributed by atoms with Gasteiger partial charge in [0.25, 0.3) is 5.91 Å². The number of aryl methyl sites for hydroxylation is 1. The van der Waals surface area contributed by atoms with Crippen molar-refractivity contribution in [2.75, 3.05) is 12.4 Å². The van der Waals surface area contributed by atoms with E-state index in [9.17, 15) is 4.79 Å². The first-order chi connectivity index (χ1) is 5.75. The minimum Gasteiger partial charge on any atom is -0.459 e. The minimum atomic E-state index is -0.210. The van der Waals surface area contributed by atoms with Crippen molar-refractivity contribution in [3.8, 4) is 0 Å². The number of hydrogen-bond donors (Lipinski definition) is 1. The van der Waals surface area contributed by atoms with E-state index in [0.717, 1.165) is 5.56 Å². The van der Waals surface area contributed by atoms with Crippen LogP contribution in [0, 0.1) is 6.92 Å². The molecule has 66 valence electrons. The van der Waals surface area contributed by atoms with Gasteiger partial charge >= 0.3 is 0 Å². The maximum atomic E-state index is 11.2. The zero-order valence-corrected chi connectivity index (χ0v) is 7.52. The summed E-state index contributed by atoms with van der Waals surface area (Å²) in [5, 5.41) is 2.61.